The van der Waals surface area contributed by atoms with Gasteiger partial charge in [-0.2, -0.15) is 0 Å². The molecule has 7 heteroatoms. The van der Waals surface area contributed by atoms with Crippen LogP contribution in [-0.4, -0.2) is 6.36 Å². The van der Waals surface area contributed by atoms with Crippen LogP contribution in [0, 0.1) is 11.6 Å². The van der Waals surface area contributed by atoms with E-state index in [1.54, 1.807) is 0 Å². The summed E-state index contributed by atoms with van der Waals surface area (Å²) in [5.74, 6) is -1.60. The molecule has 0 aliphatic heterocycles. The fraction of sp³-hybridized carbons (Fsp3) is 0.143. The third-order valence-electron chi connectivity index (χ3n) is 2.64. The quantitative estimate of drug-likeness (QED) is 0.525. The average molecular weight is 367 g/mol. The summed E-state index contributed by atoms with van der Waals surface area (Å²) in [5.41, 5.74) is 0.522. The largest absolute Gasteiger partial charge is 0.573 e. The van der Waals surface area contributed by atoms with Gasteiger partial charge in [-0.05, 0) is 35.9 Å². The maximum absolute atomic E-state index is 13.6. The van der Waals surface area contributed by atoms with Crippen LogP contribution >= 0.6 is 15.9 Å². The molecule has 1 unspecified atom stereocenters. The maximum atomic E-state index is 13.6. The van der Waals surface area contributed by atoms with E-state index in [1.165, 1.54) is 12.1 Å². The zero-order chi connectivity index (χ0) is 15.6. The highest BCUT2D eigenvalue weighted by atomic mass is 79.9. The van der Waals surface area contributed by atoms with Crippen molar-refractivity contribution in [1.29, 1.82) is 0 Å². The zero-order valence-corrected chi connectivity index (χ0v) is 11.9. The molecule has 0 N–H and O–H groups in total. The minimum atomic E-state index is -4.77. The van der Waals surface area contributed by atoms with Crippen molar-refractivity contribution in [2.45, 2.75) is 11.2 Å². The molecular formula is C14H8BrF5O. The Morgan fingerprint density at radius 3 is 2.14 bits per heavy atom. The van der Waals surface area contributed by atoms with E-state index in [0.29, 0.717) is 5.56 Å². The summed E-state index contributed by atoms with van der Waals surface area (Å²) >= 11 is 3.20. The topological polar surface area (TPSA) is 9.23 Å². The number of halogens is 6. The van der Waals surface area contributed by atoms with E-state index >= 15 is 0 Å². The van der Waals surface area contributed by atoms with E-state index in [-0.39, 0.29) is 11.3 Å². The van der Waals surface area contributed by atoms with Gasteiger partial charge in [0.05, 0.1) is 4.83 Å². The van der Waals surface area contributed by atoms with Crippen LogP contribution in [0.2, 0.25) is 0 Å². The SMILES string of the molecule is Fc1ccc(F)c(C(Br)c2ccc(OC(F)(F)F)cc2)c1. The molecule has 0 bridgehead atoms. The number of alkyl halides is 4. The molecule has 21 heavy (non-hydrogen) atoms. The standard InChI is InChI=1S/C14H8BrF5O/c15-13(11-7-9(16)3-6-12(11)17)8-1-4-10(5-2-8)21-14(18,19)20/h1-7,13H. The molecule has 0 saturated heterocycles. The summed E-state index contributed by atoms with van der Waals surface area (Å²) in [6, 6.07) is 7.88. The lowest BCUT2D eigenvalue weighted by atomic mass is 10.0. The van der Waals surface area contributed by atoms with E-state index in [4.69, 9.17) is 0 Å². The second-order valence-corrected chi connectivity index (χ2v) is 5.06. The first-order valence-corrected chi connectivity index (χ1v) is 6.62. The van der Waals surface area contributed by atoms with Gasteiger partial charge in [0, 0.05) is 5.56 Å². The van der Waals surface area contributed by atoms with Crippen LogP contribution in [0.3, 0.4) is 0 Å². The Balaban J connectivity index is 2.24. The first kappa shape index (κ1) is 15.8. The van der Waals surface area contributed by atoms with E-state index in [0.717, 1.165) is 30.3 Å². The van der Waals surface area contributed by atoms with Crippen LogP contribution in [0.15, 0.2) is 42.5 Å². The lowest BCUT2D eigenvalue weighted by Gasteiger charge is -2.13. The minimum absolute atomic E-state index is 0.0551. The molecule has 0 saturated carbocycles. The number of benzene rings is 2. The Morgan fingerprint density at radius 2 is 1.57 bits per heavy atom. The van der Waals surface area contributed by atoms with Crippen molar-refractivity contribution >= 4 is 15.9 Å². The fourth-order valence-corrected chi connectivity index (χ4v) is 2.38. The average Bonchev–Trinajstić information content (AvgIpc) is 2.40. The Morgan fingerprint density at radius 1 is 0.952 bits per heavy atom. The second-order valence-electron chi connectivity index (χ2n) is 4.15. The summed E-state index contributed by atoms with van der Waals surface area (Å²) in [5, 5.41) is 0. The molecule has 1 nitrogen and oxygen atoms in total. The third kappa shape index (κ3) is 4.17. The summed E-state index contributed by atoms with van der Waals surface area (Å²) in [7, 11) is 0. The van der Waals surface area contributed by atoms with Gasteiger partial charge < -0.3 is 4.74 Å². The van der Waals surface area contributed by atoms with Crippen LogP contribution in [0.4, 0.5) is 22.0 Å². The van der Waals surface area contributed by atoms with Gasteiger partial charge in [-0.25, -0.2) is 8.78 Å². The van der Waals surface area contributed by atoms with Gasteiger partial charge in [-0.15, -0.1) is 13.2 Å². The van der Waals surface area contributed by atoms with Gasteiger partial charge in [0.15, 0.2) is 0 Å². The van der Waals surface area contributed by atoms with Crippen molar-refractivity contribution in [1.82, 2.24) is 0 Å². The van der Waals surface area contributed by atoms with Gasteiger partial charge in [0.2, 0.25) is 0 Å². The molecule has 0 spiro atoms. The van der Waals surface area contributed by atoms with Gasteiger partial charge in [-0.3, -0.25) is 0 Å². The molecule has 0 fully saturated rings. The number of rotatable bonds is 3. The van der Waals surface area contributed by atoms with Crippen molar-refractivity contribution in [3.8, 4) is 5.75 Å². The predicted molar refractivity (Wildman–Crippen MR) is 70.3 cm³/mol. The smallest absolute Gasteiger partial charge is 0.406 e. The first-order chi connectivity index (χ1) is 9.76. The van der Waals surface area contributed by atoms with Crippen LogP contribution in [0.25, 0.3) is 0 Å². The van der Waals surface area contributed by atoms with Crippen molar-refractivity contribution in [2.75, 3.05) is 0 Å². The Kier molecular flexibility index (Phi) is 4.51. The molecule has 0 aliphatic rings. The lowest BCUT2D eigenvalue weighted by molar-refractivity contribution is -0.274. The van der Waals surface area contributed by atoms with Gasteiger partial charge in [0.1, 0.15) is 17.4 Å². The molecule has 0 heterocycles. The van der Waals surface area contributed by atoms with Crippen LogP contribution in [0.1, 0.15) is 16.0 Å². The molecular weight excluding hydrogens is 359 g/mol. The van der Waals surface area contributed by atoms with Crippen molar-refractivity contribution < 1.29 is 26.7 Å². The maximum Gasteiger partial charge on any atom is 0.573 e. The molecule has 2 aromatic rings. The minimum Gasteiger partial charge on any atom is -0.406 e. The number of hydrogen-bond donors (Lipinski definition) is 0. The molecule has 0 aromatic heterocycles. The molecule has 0 radical (unpaired) electrons. The monoisotopic (exact) mass is 366 g/mol. The lowest BCUT2D eigenvalue weighted by Crippen LogP contribution is -2.17. The Labute approximate surface area is 125 Å². The normalized spacial score (nSPS) is 13.0. The molecule has 0 amide bonds. The van der Waals surface area contributed by atoms with Crippen LogP contribution in [0.5, 0.6) is 5.75 Å². The van der Waals surface area contributed by atoms with Gasteiger partial charge >= 0.3 is 6.36 Å². The predicted octanol–water partition coefficient (Wildman–Crippen LogP) is 5.35. The van der Waals surface area contributed by atoms with E-state index in [1.807, 2.05) is 0 Å². The Bertz CT molecular complexity index is 624. The second kappa shape index (κ2) is 6.01. The Hall–Kier alpha value is -1.63. The fourth-order valence-electron chi connectivity index (χ4n) is 1.73. The molecule has 2 rings (SSSR count). The highest BCUT2D eigenvalue weighted by Gasteiger charge is 2.31. The highest BCUT2D eigenvalue weighted by molar-refractivity contribution is 9.09. The van der Waals surface area contributed by atoms with Crippen molar-refractivity contribution in [2.24, 2.45) is 0 Å². The van der Waals surface area contributed by atoms with Crippen LogP contribution < -0.4 is 4.74 Å². The third-order valence-corrected chi connectivity index (χ3v) is 3.66. The highest BCUT2D eigenvalue weighted by Crippen LogP contribution is 2.34. The molecule has 2 aromatic carbocycles. The van der Waals surface area contributed by atoms with E-state index in [2.05, 4.69) is 20.7 Å². The van der Waals surface area contributed by atoms with Crippen molar-refractivity contribution in [3.05, 3.63) is 65.2 Å². The van der Waals surface area contributed by atoms with E-state index in [9.17, 15) is 22.0 Å². The molecule has 112 valence electrons. The summed E-state index contributed by atoms with van der Waals surface area (Å²) in [6.07, 6.45) is -4.77. The van der Waals surface area contributed by atoms with Gasteiger partial charge in [0.25, 0.3) is 0 Å². The summed E-state index contributed by atoms with van der Waals surface area (Å²) in [4.78, 5) is -0.687. The zero-order valence-electron chi connectivity index (χ0n) is 10.3. The number of ether oxygens (including phenoxy) is 1. The number of hydrogen-bond acceptors (Lipinski definition) is 1. The first-order valence-electron chi connectivity index (χ1n) is 5.71. The summed E-state index contributed by atoms with van der Waals surface area (Å²) in [6.45, 7) is 0. The summed E-state index contributed by atoms with van der Waals surface area (Å²) < 4.78 is 66.6. The molecule has 1 atom stereocenters. The molecule has 0 aliphatic carbocycles. The van der Waals surface area contributed by atoms with Crippen LogP contribution in [-0.2, 0) is 0 Å². The van der Waals surface area contributed by atoms with Gasteiger partial charge in [-0.1, -0.05) is 28.1 Å². The van der Waals surface area contributed by atoms with E-state index < -0.39 is 22.8 Å². The van der Waals surface area contributed by atoms with Crippen molar-refractivity contribution in [3.63, 3.8) is 0 Å².